The van der Waals surface area contributed by atoms with Gasteiger partial charge in [-0.05, 0) is 82.4 Å². The van der Waals surface area contributed by atoms with Crippen molar-refractivity contribution in [3.05, 3.63) is 71.3 Å². The number of ether oxygens (including phenoxy) is 3. The Morgan fingerprint density at radius 2 is 1.46 bits per heavy atom. The van der Waals surface area contributed by atoms with Gasteiger partial charge in [-0.25, -0.2) is 0 Å². The molecule has 3 unspecified atom stereocenters. The van der Waals surface area contributed by atoms with Crippen LogP contribution in [0.5, 0.6) is 0 Å². The van der Waals surface area contributed by atoms with E-state index in [2.05, 4.69) is 63.9 Å². The smallest absolute Gasteiger partial charge is 0.306 e. The monoisotopic (exact) mass is 569 g/mol. The molecule has 2 aromatic rings. The number of piperidine rings is 1. The van der Waals surface area contributed by atoms with Crippen molar-refractivity contribution in [2.75, 3.05) is 33.5 Å². The second-order valence-electron chi connectivity index (χ2n) is 12.6. The molecule has 1 saturated heterocycles. The SMILES string of the molecule is COCCOCCOCc1ccc(C(C)CC(CC(ON2C(C)(C)CCCC2(C)C)c2ccccc2)C(=O)O)cc1. The maximum Gasteiger partial charge on any atom is 0.306 e. The summed E-state index contributed by atoms with van der Waals surface area (Å²) >= 11 is 0. The van der Waals surface area contributed by atoms with E-state index < -0.39 is 11.9 Å². The molecule has 228 valence electrons. The molecule has 3 atom stereocenters. The molecule has 41 heavy (non-hydrogen) atoms. The number of hydrogen-bond donors (Lipinski definition) is 1. The fourth-order valence-corrected chi connectivity index (χ4v) is 5.91. The average Bonchev–Trinajstić information content (AvgIpc) is 2.93. The summed E-state index contributed by atoms with van der Waals surface area (Å²) in [6.45, 7) is 13.7. The van der Waals surface area contributed by atoms with Crippen LogP contribution in [0.3, 0.4) is 0 Å². The van der Waals surface area contributed by atoms with Crippen LogP contribution >= 0.6 is 0 Å². The Bertz CT molecular complexity index is 1020. The van der Waals surface area contributed by atoms with Crippen molar-refractivity contribution in [3.8, 4) is 0 Å². The van der Waals surface area contributed by atoms with E-state index in [0.29, 0.717) is 45.9 Å². The molecule has 7 nitrogen and oxygen atoms in total. The number of hydrogen-bond acceptors (Lipinski definition) is 6. The summed E-state index contributed by atoms with van der Waals surface area (Å²) in [5.74, 6) is -1.25. The van der Waals surface area contributed by atoms with Gasteiger partial charge in [0, 0.05) is 18.2 Å². The Kier molecular flexibility index (Phi) is 12.8. The van der Waals surface area contributed by atoms with Gasteiger partial charge in [0.2, 0.25) is 0 Å². The van der Waals surface area contributed by atoms with Crippen molar-refractivity contribution >= 4 is 5.97 Å². The van der Waals surface area contributed by atoms with Crippen LogP contribution in [0.15, 0.2) is 54.6 Å². The molecule has 0 bridgehead atoms. The highest BCUT2D eigenvalue weighted by atomic mass is 16.7. The minimum absolute atomic E-state index is 0.0829. The van der Waals surface area contributed by atoms with Gasteiger partial charge in [0.05, 0.1) is 39.0 Å². The first kappa shape index (κ1) is 33.2. The zero-order valence-corrected chi connectivity index (χ0v) is 25.9. The number of nitrogens with zero attached hydrogens (tertiary/aromatic N) is 1. The predicted molar refractivity (Wildman–Crippen MR) is 162 cm³/mol. The molecule has 3 rings (SSSR count). The van der Waals surface area contributed by atoms with Crippen LogP contribution in [-0.4, -0.2) is 60.8 Å². The fourth-order valence-electron chi connectivity index (χ4n) is 5.91. The van der Waals surface area contributed by atoms with Crippen LogP contribution in [-0.2, 0) is 30.4 Å². The molecule has 0 aliphatic carbocycles. The number of benzene rings is 2. The lowest BCUT2D eigenvalue weighted by atomic mass is 9.82. The first-order chi connectivity index (χ1) is 19.5. The molecule has 1 N–H and O–H groups in total. The number of carboxylic acids is 1. The molecule has 2 aromatic carbocycles. The molecule has 0 aromatic heterocycles. The van der Waals surface area contributed by atoms with Crippen molar-refractivity contribution in [3.63, 3.8) is 0 Å². The molecule has 1 aliphatic heterocycles. The summed E-state index contributed by atoms with van der Waals surface area (Å²) in [7, 11) is 1.65. The minimum atomic E-state index is -0.781. The zero-order chi connectivity index (χ0) is 29.9. The van der Waals surface area contributed by atoms with E-state index >= 15 is 0 Å². The maximum atomic E-state index is 12.6. The van der Waals surface area contributed by atoms with Gasteiger partial charge in [-0.3, -0.25) is 9.63 Å². The van der Waals surface area contributed by atoms with Gasteiger partial charge in [0.15, 0.2) is 0 Å². The van der Waals surface area contributed by atoms with Crippen LogP contribution in [0.2, 0.25) is 0 Å². The number of methoxy groups -OCH3 is 1. The van der Waals surface area contributed by atoms with Crippen molar-refractivity contribution in [2.45, 2.75) is 96.4 Å². The van der Waals surface area contributed by atoms with Gasteiger partial charge < -0.3 is 19.3 Å². The minimum Gasteiger partial charge on any atom is -0.481 e. The quantitative estimate of drug-likeness (QED) is 0.202. The highest BCUT2D eigenvalue weighted by Gasteiger charge is 2.44. The number of hydroxylamine groups is 2. The lowest BCUT2D eigenvalue weighted by Gasteiger charge is -2.52. The zero-order valence-electron chi connectivity index (χ0n) is 25.9. The van der Waals surface area contributed by atoms with Crippen molar-refractivity contribution in [2.24, 2.45) is 5.92 Å². The molecule has 0 amide bonds. The summed E-state index contributed by atoms with van der Waals surface area (Å²) in [6, 6.07) is 18.4. The Balaban J connectivity index is 1.65. The predicted octanol–water partition coefficient (Wildman–Crippen LogP) is 7.17. The molecule has 0 radical (unpaired) electrons. The molecule has 1 fully saturated rings. The van der Waals surface area contributed by atoms with E-state index in [0.717, 1.165) is 36.0 Å². The second-order valence-corrected chi connectivity index (χ2v) is 12.6. The first-order valence-corrected chi connectivity index (χ1v) is 15.0. The average molecular weight is 570 g/mol. The fraction of sp³-hybridized carbons (Fsp3) is 0.618. The molecular weight excluding hydrogens is 518 g/mol. The Hall–Kier alpha value is -2.29. The van der Waals surface area contributed by atoms with Crippen molar-refractivity contribution in [1.29, 1.82) is 0 Å². The number of carboxylic acid groups (broad SMARTS) is 1. The van der Waals surface area contributed by atoms with Crippen molar-refractivity contribution < 1.29 is 28.9 Å². The van der Waals surface area contributed by atoms with E-state index in [-0.39, 0.29) is 23.1 Å². The Labute approximate surface area is 247 Å². The topological polar surface area (TPSA) is 77.5 Å². The van der Waals surface area contributed by atoms with Crippen molar-refractivity contribution in [1.82, 2.24) is 5.06 Å². The van der Waals surface area contributed by atoms with Gasteiger partial charge in [-0.15, -0.1) is 0 Å². The van der Waals surface area contributed by atoms with E-state index in [1.807, 2.05) is 30.3 Å². The Morgan fingerprint density at radius 1 is 0.854 bits per heavy atom. The van der Waals surface area contributed by atoms with E-state index in [1.54, 1.807) is 7.11 Å². The summed E-state index contributed by atoms with van der Waals surface area (Å²) in [6.07, 6.45) is 3.83. The molecule has 1 heterocycles. The summed E-state index contributed by atoms with van der Waals surface area (Å²) < 4.78 is 16.1. The third kappa shape index (κ3) is 10.2. The second kappa shape index (κ2) is 15.8. The summed E-state index contributed by atoms with van der Waals surface area (Å²) in [4.78, 5) is 19.4. The third-order valence-corrected chi connectivity index (χ3v) is 8.19. The Morgan fingerprint density at radius 3 is 2.07 bits per heavy atom. The molecule has 1 aliphatic rings. The van der Waals surface area contributed by atoms with E-state index in [4.69, 9.17) is 19.0 Å². The van der Waals surface area contributed by atoms with Gasteiger partial charge in [0.1, 0.15) is 6.10 Å². The van der Waals surface area contributed by atoms with E-state index in [1.165, 1.54) is 0 Å². The van der Waals surface area contributed by atoms with Crippen LogP contribution in [0.25, 0.3) is 0 Å². The van der Waals surface area contributed by atoms with Gasteiger partial charge in [-0.1, -0.05) is 61.5 Å². The highest BCUT2D eigenvalue weighted by molar-refractivity contribution is 5.70. The lowest BCUT2D eigenvalue weighted by molar-refractivity contribution is -0.309. The van der Waals surface area contributed by atoms with Gasteiger partial charge in [-0.2, -0.15) is 5.06 Å². The molecule has 0 saturated carbocycles. The van der Waals surface area contributed by atoms with Gasteiger partial charge in [0.25, 0.3) is 0 Å². The number of rotatable bonds is 17. The van der Waals surface area contributed by atoms with Crippen LogP contribution in [0.4, 0.5) is 0 Å². The summed E-state index contributed by atoms with van der Waals surface area (Å²) in [5.41, 5.74) is 2.94. The molecule has 0 spiro atoms. The lowest BCUT2D eigenvalue weighted by Crippen LogP contribution is -2.58. The largest absolute Gasteiger partial charge is 0.481 e. The third-order valence-electron chi connectivity index (χ3n) is 8.19. The first-order valence-electron chi connectivity index (χ1n) is 15.0. The molecule has 7 heteroatoms. The number of carbonyl (C=O) groups is 1. The highest BCUT2D eigenvalue weighted by Crippen LogP contribution is 2.42. The standard InChI is InChI=1S/C34H51NO6/c1-26(28-15-13-27(14-16-28)25-40-22-21-39-20-19-38-6)23-30(32(36)37)24-31(29-11-8-7-9-12-29)41-35-33(2,3)17-10-18-34(35,4)5/h7-9,11-16,26,30-31H,10,17-25H2,1-6H3,(H,36,37). The molecular formula is C34H51NO6. The van der Waals surface area contributed by atoms with Crippen LogP contribution < -0.4 is 0 Å². The van der Waals surface area contributed by atoms with Crippen LogP contribution in [0, 0.1) is 5.92 Å². The number of aliphatic carboxylic acids is 1. The van der Waals surface area contributed by atoms with Crippen LogP contribution in [0.1, 0.15) is 95.4 Å². The summed E-state index contributed by atoms with van der Waals surface area (Å²) in [5, 5.41) is 12.5. The van der Waals surface area contributed by atoms with E-state index in [9.17, 15) is 9.90 Å². The maximum absolute atomic E-state index is 12.6. The normalized spacial score (nSPS) is 19.0. The van der Waals surface area contributed by atoms with Gasteiger partial charge >= 0.3 is 5.97 Å².